The Bertz CT molecular complexity index is 239. The molecule has 1 aliphatic heterocycles. The number of nitrogens with one attached hydrogen (secondary N) is 1. The van der Waals surface area contributed by atoms with Gasteiger partial charge in [0.05, 0.1) is 0 Å². The normalized spacial score (nSPS) is 44.1. The highest BCUT2D eigenvalue weighted by molar-refractivity contribution is 4.99. The van der Waals surface area contributed by atoms with Crippen molar-refractivity contribution in [2.75, 3.05) is 13.1 Å². The van der Waals surface area contributed by atoms with Crippen LogP contribution in [0.1, 0.15) is 51.9 Å². The molecule has 0 aromatic heterocycles. The Balaban J connectivity index is 1.66. The maximum atomic E-state index is 3.73. The molecule has 0 aromatic carbocycles. The van der Waals surface area contributed by atoms with Gasteiger partial charge in [0.25, 0.3) is 0 Å². The lowest BCUT2D eigenvalue weighted by Gasteiger charge is -2.42. The summed E-state index contributed by atoms with van der Waals surface area (Å²) in [6, 6.07) is 2.61. The molecule has 3 aliphatic rings. The van der Waals surface area contributed by atoms with Crippen LogP contribution in [-0.4, -0.2) is 36.1 Å². The fourth-order valence-electron chi connectivity index (χ4n) is 4.38. The summed E-state index contributed by atoms with van der Waals surface area (Å²) in [4.78, 5) is 2.88. The standard InChI is InChI=1S/C14H26N2/c1-2-15-13-5-3-4-6-14(13)16-10-11-7-8-12(16)9-11/h11-15H,2-10H2,1H3. The first-order valence-electron chi connectivity index (χ1n) is 7.37. The fourth-order valence-corrected chi connectivity index (χ4v) is 4.38. The van der Waals surface area contributed by atoms with Crippen LogP contribution in [0.2, 0.25) is 0 Å². The van der Waals surface area contributed by atoms with Gasteiger partial charge in [-0.2, -0.15) is 0 Å². The molecule has 4 unspecified atom stereocenters. The number of fused-ring (bicyclic) bond motifs is 2. The first-order chi connectivity index (χ1) is 7.88. The van der Waals surface area contributed by atoms with E-state index in [0.717, 1.165) is 30.6 Å². The zero-order valence-electron chi connectivity index (χ0n) is 10.6. The quantitative estimate of drug-likeness (QED) is 0.789. The van der Waals surface area contributed by atoms with Gasteiger partial charge in [-0.25, -0.2) is 0 Å². The molecule has 4 atom stereocenters. The predicted octanol–water partition coefficient (Wildman–Crippen LogP) is 2.39. The third kappa shape index (κ3) is 1.91. The number of likely N-dealkylation sites (tertiary alicyclic amines) is 1. The third-order valence-electron chi connectivity index (χ3n) is 5.07. The maximum absolute atomic E-state index is 3.73. The minimum absolute atomic E-state index is 0.790. The molecule has 2 nitrogen and oxygen atoms in total. The molecule has 3 rings (SSSR count). The van der Waals surface area contributed by atoms with Crippen LogP contribution in [0.3, 0.4) is 0 Å². The smallest absolute Gasteiger partial charge is 0.0252 e. The molecule has 1 saturated heterocycles. The van der Waals surface area contributed by atoms with E-state index in [2.05, 4.69) is 17.1 Å². The van der Waals surface area contributed by atoms with E-state index < -0.39 is 0 Å². The van der Waals surface area contributed by atoms with Gasteiger partial charge in [0.1, 0.15) is 0 Å². The van der Waals surface area contributed by atoms with Crippen molar-refractivity contribution < 1.29 is 0 Å². The Labute approximate surface area is 99.8 Å². The van der Waals surface area contributed by atoms with Crippen LogP contribution in [0.5, 0.6) is 0 Å². The summed E-state index contributed by atoms with van der Waals surface area (Å²) in [5.41, 5.74) is 0. The second kappa shape index (κ2) is 4.66. The van der Waals surface area contributed by atoms with Crippen molar-refractivity contribution in [2.45, 2.75) is 70.0 Å². The highest BCUT2D eigenvalue weighted by atomic mass is 15.2. The number of hydrogen-bond donors (Lipinski definition) is 1. The zero-order valence-corrected chi connectivity index (χ0v) is 10.6. The first kappa shape index (κ1) is 11.0. The van der Waals surface area contributed by atoms with Gasteiger partial charge in [-0.05, 0) is 44.6 Å². The van der Waals surface area contributed by atoms with Crippen molar-refractivity contribution in [1.29, 1.82) is 0 Å². The van der Waals surface area contributed by atoms with E-state index in [4.69, 9.17) is 0 Å². The zero-order chi connectivity index (χ0) is 11.0. The van der Waals surface area contributed by atoms with Gasteiger partial charge >= 0.3 is 0 Å². The highest BCUT2D eigenvalue weighted by Gasteiger charge is 2.43. The van der Waals surface area contributed by atoms with E-state index in [1.165, 1.54) is 51.5 Å². The van der Waals surface area contributed by atoms with E-state index in [1.807, 2.05) is 0 Å². The lowest BCUT2D eigenvalue weighted by molar-refractivity contribution is 0.0911. The van der Waals surface area contributed by atoms with Gasteiger partial charge in [-0.3, -0.25) is 4.90 Å². The Hall–Kier alpha value is -0.0800. The van der Waals surface area contributed by atoms with E-state index in [9.17, 15) is 0 Å². The van der Waals surface area contributed by atoms with Crippen molar-refractivity contribution in [3.63, 3.8) is 0 Å². The summed E-state index contributed by atoms with van der Waals surface area (Å²) in [5.74, 6) is 1.05. The molecule has 2 bridgehead atoms. The van der Waals surface area contributed by atoms with Crippen molar-refractivity contribution in [1.82, 2.24) is 10.2 Å². The van der Waals surface area contributed by atoms with Crippen molar-refractivity contribution in [2.24, 2.45) is 5.92 Å². The van der Waals surface area contributed by atoms with Crippen LogP contribution < -0.4 is 5.32 Å². The number of piperidine rings is 1. The molecule has 2 saturated carbocycles. The van der Waals surface area contributed by atoms with Crippen LogP contribution in [0, 0.1) is 5.92 Å². The van der Waals surface area contributed by atoms with Crippen LogP contribution in [0.4, 0.5) is 0 Å². The molecule has 1 N–H and O–H groups in total. The summed E-state index contributed by atoms with van der Waals surface area (Å²) < 4.78 is 0. The lowest BCUT2D eigenvalue weighted by atomic mass is 9.88. The Morgan fingerprint density at radius 2 is 2.00 bits per heavy atom. The van der Waals surface area contributed by atoms with Gasteiger partial charge in [0.2, 0.25) is 0 Å². The lowest BCUT2D eigenvalue weighted by Crippen LogP contribution is -2.54. The van der Waals surface area contributed by atoms with Crippen LogP contribution in [0.25, 0.3) is 0 Å². The van der Waals surface area contributed by atoms with Gasteiger partial charge in [0.15, 0.2) is 0 Å². The summed E-state index contributed by atoms with van der Waals surface area (Å²) in [7, 11) is 0. The number of rotatable bonds is 3. The number of likely N-dealkylation sites (N-methyl/N-ethyl adjacent to an activating group) is 1. The first-order valence-corrected chi connectivity index (χ1v) is 7.37. The number of hydrogen-bond acceptors (Lipinski definition) is 2. The molecule has 2 heteroatoms. The number of nitrogens with zero attached hydrogens (tertiary/aromatic N) is 1. The van der Waals surface area contributed by atoms with E-state index in [-0.39, 0.29) is 0 Å². The SMILES string of the molecule is CCNC1CCCCC1N1CC2CCC1C2. The van der Waals surface area contributed by atoms with Gasteiger partial charge in [-0.1, -0.05) is 19.8 Å². The highest BCUT2D eigenvalue weighted by Crippen LogP contribution is 2.41. The summed E-state index contributed by atoms with van der Waals surface area (Å²) in [5, 5.41) is 3.73. The molecule has 0 aromatic rings. The van der Waals surface area contributed by atoms with Crippen molar-refractivity contribution in [3.8, 4) is 0 Å². The van der Waals surface area contributed by atoms with Crippen molar-refractivity contribution in [3.05, 3.63) is 0 Å². The van der Waals surface area contributed by atoms with Gasteiger partial charge in [-0.15, -0.1) is 0 Å². The second-order valence-electron chi connectivity index (χ2n) is 6.05. The fraction of sp³-hybridized carbons (Fsp3) is 1.00. The molecule has 16 heavy (non-hydrogen) atoms. The van der Waals surface area contributed by atoms with Crippen molar-refractivity contribution >= 4 is 0 Å². The summed E-state index contributed by atoms with van der Waals surface area (Å²) in [6.45, 7) is 4.81. The Kier molecular flexibility index (Phi) is 3.21. The predicted molar refractivity (Wildman–Crippen MR) is 67.6 cm³/mol. The molecular weight excluding hydrogens is 196 g/mol. The molecule has 3 fully saturated rings. The Morgan fingerprint density at radius 3 is 2.69 bits per heavy atom. The Morgan fingerprint density at radius 1 is 1.12 bits per heavy atom. The van der Waals surface area contributed by atoms with Gasteiger partial charge < -0.3 is 5.32 Å². The third-order valence-corrected chi connectivity index (χ3v) is 5.07. The minimum atomic E-state index is 0.790. The monoisotopic (exact) mass is 222 g/mol. The summed E-state index contributed by atoms with van der Waals surface area (Å²) in [6.07, 6.45) is 10.3. The average Bonchev–Trinajstić information content (AvgIpc) is 2.92. The molecule has 0 spiro atoms. The van der Waals surface area contributed by atoms with Gasteiger partial charge in [0, 0.05) is 24.7 Å². The van der Waals surface area contributed by atoms with Crippen LogP contribution >= 0.6 is 0 Å². The molecule has 0 radical (unpaired) electrons. The van der Waals surface area contributed by atoms with E-state index in [1.54, 1.807) is 0 Å². The molecule has 1 heterocycles. The largest absolute Gasteiger partial charge is 0.313 e. The average molecular weight is 222 g/mol. The second-order valence-corrected chi connectivity index (χ2v) is 6.05. The molecule has 0 amide bonds. The minimum Gasteiger partial charge on any atom is -0.313 e. The van der Waals surface area contributed by atoms with E-state index >= 15 is 0 Å². The molecule has 92 valence electrons. The van der Waals surface area contributed by atoms with Crippen LogP contribution in [0.15, 0.2) is 0 Å². The molecule has 2 aliphatic carbocycles. The summed E-state index contributed by atoms with van der Waals surface area (Å²) >= 11 is 0. The topological polar surface area (TPSA) is 15.3 Å². The maximum Gasteiger partial charge on any atom is 0.0252 e. The van der Waals surface area contributed by atoms with Crippen LogP contribution in [-0.2, 0) is 0 Å². The molecular formula is C14H26N2. The van der Waals surface area contributed by atoms with E-state index in [0.29, 0.717) is 0 Å².